The molecule has 258 valence electrons. The number of amides is 1. The molecule has 12 nitrogen and oxygen atoms in total. The van der Waals surface area contributed by atoms with Gasteiger partial charge in [-0.05, 0) is 56.3 Å². The average Bonchev–Trinajstić information content (AvgIpc) is 3.28. The Bertz CT molecular complexity index is 1500. The van der Waals surface area contributed by atoms with Crippen molar-refractivity contribution in [3.8, 4) is 17.2 Å². The van der Waals surface area contributed by atoms with Gasteiger partial charge in [-0.15, -0.1) is 23.2 Å². The van der Waals surface area contributed by atoms with Crippen LogP contribution in [0, 0.1) is 0 Å². The number of benzene rings is 1. The zero-order chi connectivity index (χ0) is 33.7. The van der Waals surface area contributed by atoms with E-state index in [4.69, 9.17) is 42.1 Å². The average molecular weight is 714 g/mol. The molecule has 5 rings (SSSR count). The maximum Gasteiger partial charge on any atom is 0.347 e. The van der Waals surface area contributed by atoms with Gasteiger partial charge in [0.15, 0.2) is 18.2 Å². The minimum Gasteiger partial charge on any atom is -0.497 e. The molecule has 4 unspecified atom stereocenters. The highest BCUT2D eigenvalue weighted by atomic mass is 35.5. The first-order valence-electron chi connectivity index (χ1n) is 16.0. The fourth-order valence-electron chi connectivity index (χ4n) is 6.08. The number of ether oxygens (including phenoxy) is 4. The molecule has 0 spiro atoms. The molecule has 3 aliphatic heterocycles. The number of halogens is 2. The molecule has 0 saturated carbocycles. The van der Waals surface area contributed by atoms with Crippen molar-refractivity contribution in [2.24, 2.45) is 0 Å². The van der Waals surface area contributed by atoms with E-state index in [1.165, 1.54) is 25.6 Å². The van der Waals surface area contributed by atoms with E-state index in [2.05, 4.69) is 15.6 Å². The van der Waals surface area contributed by atoms with Crippen LogP contribution in [-0.2, 0) is 14.8 Å². The molecular formula is C32H42Cl2N4O8S. The van der Waals surface area contributed by atoms with Crippen LogP contribution in [0.1, 0.15) is 84.6 Å². The summed E-state index contributed by atoms with van der Waals surface area (Å²) in [4.78, 5) is 31.2. The van der Waals surface area contributed by atoms with E-state index < -0.39 is 39.4 Å². The summed E-state index contributed by atoms with van der Waals surface area (Å²) < 4.78 is 50.4. The summed E-state index contributed by atoms with van der Waals surface area (Å²) in [6.07, 6.45) is 8.72. The van der Waals surface area contributed by atoms with Gasteiger partial charge in [0.25, 0.3) is 15.9 Å². The Hall–Kier alpha value is -2.84. The maximum absolute atomic E-state index is 13.7. The standard InChI is InChI=1S/C32H42Cl2N4O8S/c1-19(2)21-12-20(43-3)13-28-29(21)31(39)38(47(28,41)42)18-46-32(40)30-26(44-16-22(33)24-8-4-6-10-36-24)14-35-15-27(30)45-17-23(34)25-9-5-7-11-37-25/h12-15,19,22-25,36-37H,4-11,16-18H2,1-3H3. The lowest BCUT2D eigenvalue weighted by Gasteiger charge is -2.28. The van der Waals surface area contributed by atoms with E-state index in [1.807, 2.05) is 13.8 Å². The topological polar surface area (TPSA) is 145 Å². The largest absolute Gasteiger partial charge is 0.497 e. The Morgan fingerprint density at radius 1 is 0.979 bits per heavy atom. The number of sulfonamides is 1. The Labute approximate surface area is 285 Å². The summed E-state index contributed by atoms with van der Waals surface area (Å²) in [5.74, 6) is -1.56. The number of alkyl halides is 2. The Morgan fingerprint density at radius 3 is 2.04 bits per heavy atom. The summed E-state index contributed by atoms with van der Waals surface area (Å²) in [6, 6.07) is 3.01. The van der Waals surface area contributed by atoms with Gasteiger partial charge in [0.2, 0.25) is 0 Å². The molecule has 1 amide bonds. The van der Waals surface area contributed by atoms with Crippen LogP contribution >= 0.6 is 23.2 Å². The number of methoxy groups -OCH3 is 1. The summed E-state index contributed by atoms with van der Waals surface area (Å²) >= 11 is 13.3. The fraction of sp³-hybridized carbons (Fsp3) is 0.594. The molecule has 4 heterocycles. The molecule has 0 aliphatic carbocycles. The lowest BCUT2D eigenvalue weighted by atomic mass is 9.96. The highest BCUT2D eigenvalue weighted by Crippen LogP contribution is 2.39. The van der Waals surface area contributed by atoms with Crippen molar-refractivity contribution in [2.45, 2.75) is 86.0 Å². The third-order valence-corrected chi connectivity index (χ3v) is 11.3. The van der Waals surface area contributed by atoms with Crippen molar-refractivity contribution in [1.82, 2.24) is 19.9 Å². The van der Waals surface area contributed by atoms with Crippen LogP contribution in [0.2, 0.25) is 0 Å². The van der Waals surface area contributed by atoms with E-state index in [1.54, 1.807) is 6.07 Å². The van der Waals surface area contributed by atoms with Crippen LogP contribution in [0.25, 0.3) is 0 Å². The van der Waals surface area contributed by atoms with Crippen molar-refractivity contribution < 1.29 is 37.0 Å². The molecule has 1 aromatic carbocycles. The third kappa shape index (κ3) is 7.91. The van der Waals surface area contributed by atoms with Crippen LogP contribution in [-0.4, -0.2) is 92.6 Å². The molecule has 15 heteroatoms. The lowest BCUT2D eigenvalue weighted by molar-refractivity contribution is 0.0349. The third-order valence-electron chi connectivity index (χ3n) is 8.73. The van der Waals surface area contributed by atoms with Crippen LogP contribution in [0.15, 0.2) is 29.4 Å². The number of piperidine rings is 2. The van der Waals surface area contributed by atoms with E-state index in [-0.39, 0.29) is 58.7 Å². The second kappa shape index (κ2) is 15.6. The number of pyridine rings is 1. The second-order valence-corrected chi connectivity index (χ2v) is 15.2. The molecule has 2 N–H and O–H groups in total. The molecule has 3 aliphatic rings. The minimum absolute atomic E-state index is 0.0303. The predicted octanol–water partition coefficient (Wildman–Crippen LogP) is 4.43. The summed E-state index contributed by atoms with van der Waals surface area (Å²) in [5.41, 5.74) is 0.420. The zero-order valence-electron chi connectivity index (χ0n) is 26.8. The van der Waals surface area contributed by atoms with Crippen LogP contribution in [0.3, 0.4) is 0 Å². The monoisotopic (exact) mass is 712 g/mol. The minimum atomic E-state index is -4.35. The lowest BCUT2D eigenvalue weighted by Crippen LogP contribution is -2.43. The van der Waals surface area contributed by atoms with Crippen LogP contribution in [0.5, 0.6) is 17.2 Å². The summed E-state index contributed by atoms with van der Waals surface area (Å²) in [5, 5.41) is 5.99. The van der Waals surface area contributed by atoms with Crippen molar-refractivity contribution in [3.63, 3.8) is 0 Å². The van der Waals surface area contributed by atoms with Gasteiger partial charge >= 0.3 is 5.97 Å². The fourth-order valence-corrected chi connectivity index (χ4v) is 8.10. The van der Waals surface area contributed by atoms with Gasteiger partial charge in [-0.3, -0.25) is 9.78 Å². The molecule has 4 atom stereocenters. The number of nitrogens with zero attached hydrogens (tertiary/aromatic N) is 2. The number of aromatic nitrogens is 1. The second-order valence-electron chi connectivity index (χ2n) is 12.2. The highest BCUT2D eigenvalue weighted by Gasteiger charge is 2.44. The number of fused-ring (bicyclic) bond motifs is 1. The van der Waals surface area contributed by atoms with Gasteiger partial charge in [-0.2, -0.15) is 4.31 Å². The number of hydrogen-bond acceptors (Lipinski definition) is 11. The maximum atomic E-state index is 13.7. The number of rotatable bonds is 13. The molecule has 2 fully saturated rings. The van der Waals surface area contributed by atoms with Gasteiger partial charge in [-0.1, -0.05) is 26.7 Å². The van der Waals surface area contributed by atoms with Crippen molar-refractivity contribution in [1.29, 1.82) is 0 Å². The predicted molar refractivity (Wildman–Crippen MR) is 177 cm³/mol. The molecule has 0 bridgehead atoms. The zero-order valence-corrected chi connectivity index (χ0v) is 29.1. The number of esters is 1. The number of carbonyl (C=O) groups excluding carboxylic acids is 2. The first kappa shape index (κ1) is 35.5. The Balaban J connectivity index is 1.37. The number of carbonyl (C=O) groups is 2. The molecule has 2 saturated heterocycles. The normalized spacial score (nSPS) is 22.0. The molecule has 1 aromatic heterocycles. The smallest absolute Gasteiger partial charge is 0.347 e. The van der Waals surface area contributed by atoms with E-state index >= 15 is 0 Å². The van der Waals surface area contributed by atoms with Gasteiger partial charge in [-0.25, -0.2) is 13.2 Å². The molecular weight excluding hydrogens is 671 g/mol. The molecule has 2 aromatic rings. The Kier molecular flexibility index (Phi) is 11.8. The molecule has 0 radical (unpaired) electrons. The first-order valence-corrected chi connectivity index (χ1v) is 18.3. The van der Waals surface area contributed by atoms with E-state index in [0.29, 0.717) is 15.6 Å². The van der Waals surface area contributed by atoms with Crippen molar-refractivity contribution in [2.75, 3.05) is 40.1 Å². The molecule has 47 heavy (non-hydrogen) atoms. The van der Waals surface area contributed by atoms with Gasteiger partial charge in [0.05, 0.1) is 35.8 Å². The van der Waals surface area contributed by atoms with Crippen LogP contribution in [0.4, 0.5) is 0 Å². The number of nitrogens with one attached hydrogen (secondary N) is 2. The summed E-state index contributed by atoms with van der Waals surface area (Å²) in [7, 11) is -2.93. The highest BCUT2D eigenvalue weighted by molar-refractivity contribution is 7.90. The number of hydrogen-bond donors (Lipinski definition) is 2. The van der Waals surface area contributed by atoms with E-state index in [0.717, 1.165) is 51.6 Å². The van der Waals surface area contributed by atoms with Crippen LogP contribution < -0.4 is 24.8 Å². The van der Waals surface area contributed by atoms with Crippen molar-refractivity contribution >= 4 is 45.1 Å². The van der Waals surface area contributed by atoms with E-state index in [9.17, 15) is 18.0 Å². The summed E-state index contributed by atoms with van der Waals surface area (Å²) in [6.45, 7) is 4.65. The van der Waals surface area contributed by atoms with Gasteiger partial charge in [0.1, 0.15) is 29.4 Å². The van der Waals surface area contributed by atoms with Crippen molar-refractivity contribution in [3.05, 3.63) is 41.2 Å². The quantitative estimate of drug-likeness (QED) is 0.225. The SMILES string of the molecule is COc1cc(C(C)C)c2c(c1)S(=O)(=O)N(COC(=O)c1c(OCC(Cl)C3CCCCN3)cncc1OCC(Cl)C1CCCCN1)C2=O. The van der Waals surface area contributed by atoms with Gasteiger partial charge in [0, 0.05) is 18.2 Å². The van der Waals surface area contributed by atoms with Gasteiger partial charge < -0.3 is 29.6 Å². The first-order chi connectivity index (χ1) is 22.5. The Morgan fingerprint density at radius 2 is 1.55 bits per heavy atom.